The Labute approximate surface area is 188 Å². The standard InChI is InChI=1S/C25H30N2O5/c1-30-20-10-11-23(31-2)22(14-20)27-16-19(13-24(27)28)25(29)26(17-21-9-6-12-32-21)15-18-7-4-3-5-8-18/h3-5,7-8,10-11,14,19,21H,6,9,12-13,15-17H2,1-2H3. The molecule has 0 aliphatic carbocycles. The van der Waals surface area contributed by atoms with Crippen molar-refractivity contribution >= 4 is 17.5 Å². The van der Waals surface area contributed by atoms with Gasteiger partial charge in [0.15, 0.2) is 0 Å². The second kappa shape index (κ2) is 10.0. The van der Waals surface area contributed by atoms with Crippen LogP contribution in [0.1, 0.15) is 24.8 Å². The van der Waals surface area contributed by atoms with Crippen molar-refractivity contribution in [3.05, 3.63) is 54.1 Å². The van der Waals surface area contributed by atoms with Crippen molar-refractivity contribution in [2.45, 2.75) is 31.9 Å². The molecule has 2 unspecified atom stereocenters. The van der Waals surface area contributed by atoms with E-state index in [4.69, 9.17) is 14.2 Å². The molecule has 0 bridgehead atoms. The van der Waals surface area contributed by atoms with Crippen molar-refractivity contribution in [1.82, 2.24) is 4.90 Å². The van der Waals surface area contributed by atoms with Gasteiger partial charge in [-0.2, -0.15) is 0 Å². The minimum atomic E-state index is -0.413. The first kappa shape index (κ1) is 22.1. The zero-order chi connectivity index (χ0) is 22.5. The van der Waals surface area contributed by atoms with Gasteiger partial charge in [0, 0.05) is 38.7 Å². The number of methoxy groups -OCH3 is 2. The number of rotatable bonds is 8. The predicted octanol–water partition coefficient (Wildman–Crippen LogP) is 3.26. The average Bonchev–Trinajstić information content (AvgIpc) is 3.48. The fourth-order valence-corrected chi connectivity index (χ4v) is 4.44. The van der Waals surface area contributed by atoms with Gasteiger partial charge in [-0.25, -0.2) is 0 Å². The first-order valence-corrected chi connectivity index (χ1v) is 11.1. The Morgan fingerprint density at radius 1 is 1.16 bits per heavy atom. The highest BCUT2D eigenvalue weighted by molar-refractivity contribution is 6.01. The molecule has 2 heterocycles. The highest BCUT2D eigenvalue weighted by Crippen LogP contribution is 2.36. The SMILES string of the molecule is COc1ccc(OC)c(N2CC(C(=O)N(Cc3ccccc3)CC3CCCO3)CC2=O)c1. The van der Waals surface area contributed by atoms with Crippen LogP contribution in [0.5, 0.6) is 11.5 Å². The molecule has 32 heavy (non-hydrogen) atoms. The zero-order valence-corrected chi connectivity index (χ0v) is 18.7. The molecule has 0 spiro atoms. The second-order valence-corrected chi connectivity index (χ2v) is 8.28. The molecule has 2 aliphatic heterocycles. The van der Waals surface area contributed by atoms with Crippen LogP contribution in [0.4, 0.5) is 5.69 Å². The van der Waals surface area contributed by atoms with Crippen LogP contribution in [0.3, 0.4) is 0 Å². The number of carbonyl (C=O) groups excluding carboxylic acids is 2. The van der Waals surface area contributed by atoms with Crippen molar-refractivity contribution in [2.75, 3.05) is 38.8 Å². The highest BCUT2D eigenvalue weighted by Gasteiger charge is 2.39. The molecule has 2 aromatic rings. The molecular weight excluding hydrogens is 408 g/mol. The summed E-state index contributed by atoms with van der Waals surface area (Å²) in [6.07, 6.45) is 2.20. The Kier molecular flexibility index (Phi) is 6.95. The van der Waals surface area contributed by atoms with Crippen LogP contribution in [0, 0.1) is 5.92 Å². The molecule has 0 aromatic heterocycles. The molecule has 2 fully saturated rings. The highest BCUT2D eigenvalue weighted by atomic mass is 16.5. The van der Waals surface area contributed by atoms with E-state index in [-0.39, 0.29) is 24.3 Å². The normalized spacial score (nSPS) is 20.4. The van der Waals surface area contributed by atoms with Gasteiger partial charge < -0.3 is 24.0 Å². The second-order valence-electron chi connectivity index (χ2n) is 8.28. The number of nitrogens with zero attached hydrogens (tertiary/aromatic N) is 2. The monoisotopic (exact) mass is 438 g/mol. The zero-order valence-electron chi connectivity index (χ0n) is 18.7. The van der Waals surface area contributed by atoms with E-state index < -0.39 is 5.92 Å². The predicted molar refractivity (Wildman–Crippen MR) is 121 cm³/mol. The summed E-state index contributed by atoms with van der Waals surface area (Å²) >= 11 is 0. The lowest BCUT2D eigenvalue weighted by Crippen LogP contribution is -2.41. The molecule has 7 heteroatoms. The van der Waals surface area contributed by atoms with Gasteiger partial charge in [-0.1, -0.05) is 30.3 Å². The summed E-state index contributed by atoms with van der Waals surface area (Å²) in [5, 5.41) is 0. The van der Waals surface area contributed by atoms with Gasteiger partial charge in [-0.3, -0.25) is 9.59 Å². The Bertz CT molecular complexity index is 943. The number of benzene rings is 2. The van der Waals surface area contributed by atoms with Gasteiger partial charge >= 0.3 is 0 Å². The van der Waals surface area contributed by atoms with Crippen LogP contribution >= 0.6 is 0 Å². The number of amides is 2. The summed E-state index contributed by atoms with van der Waals surface area (Å²) in [4.78, 5) is 30.0. The van der Waals surface area contributed by atoms with Crippen LogP contribution in [0.2, 0.25) is 0 Å². The van der Waals surface area contributed by atoms with Crippen LogP contribution < -0.4 is 14.4 Å². The van der Waals surface area contributed by atoms with Crippen LogP contribution in [0.15, 0.2) is 48.5 Å². The largest absolute Gasteiger partial charge is 0.497 e. The molecule has 0 N–H and O–H groups in total. The van der Waals surface area contributed by atoms with Crippen LogP contribution in [-0.2, 0) is 20.9 Å². The summed E-state index contributed by atoms with van der Waals surface area (Å²) in [5.74, 6) is 0.692. The van der Waals surface area contributed by atoms with Crippen molar-refractivity contribution in [3.8, 4) is 11.5 Å². The Morgan fingerprint density at radius 2 is 1.97 bits per heavy atom. The molecule has 2 aromatic carbocycles. The van der Waals surface area contributed by atoms with E-state index in [9.17, 15) is 9.59 Å². The number of ether oxygens (including phenoxy) is 3. The lowest BCUT2D eigenvalue weighted by atomic mass is 10.1. The van der Waals surface area contributed by atoms with Gasteiger partial charge in [0.1, 0.15) is 11.5 Å². The quantitative estimate of drug-likeness (QED) is 0.633. The van der Waals surface area contributed by atoms with Gasteiger partial charge in [-0.15, -0.1) is 0 Å². The van der Waals surface area contributed by atoms with Crippen LogP contribution in [-0.4, -0.2) is 56.7 Å². The molecule has 2 amide bonds. The van der Waals surface area contributed by atoms with Crippen molar-refractivity contribution in [2.24, 2.45) is 5.92 Å². The van der Waals surface area contributed by atoms with E-state index in [1.165, 1.54) is 0 Å². The average molecular weight is 439 g/mol. The van der Waals surface area contributed by atoms with Gasteiger partial charge in [0.2, 0.25) is 11.8 Å². The number of hydrogen-bond acceptors (Lipinski definition) is 5. The van der Waals surface area contributed by atoms with Gasteiger partial charge in [0.05, 0.1) is 31.9 Å². The number of anilines is 1. The minimum Gasteiger partial charge on any atom is -0.497 e. The molecule has 0 saturated carbocycles. The fourth-order valence-electron chi connectivity index (χ4n) is 4.44. The summed E-state index contributed by atoms with van der Waals surface area (Å²) < 4.78 is 16.6. The van der Waals surface area contributed by atoms with Crippen molar-refractivity contribution < 1.29 is 23.8 Å². The summed E-state index contributed by atoms with van der Waals surface area (Å²) in [6, 6.07) is 15.3. The Hall–Kier alpha value is -3.06. The summed E-state index contributed by atoms with van der Waals surface area (Å²) in [7, 11) is 3.15. The van der Waals surface area contributed by atoms with E-state index in [1.54, 1.807) is 37.3 Å². The molecule has 170 valence electrons. The number of carbonyl (C=O) groups is 2. The lowest BCUT2D eigenvalue weighted by molar-refractivity contribution is -0.138. The molecule has 2 atom stereocenters. The first-order chi connectivity index (χ1) is 15.6. The third-order valence-corrected chi connectivity index (χ3v) is 6.13. The maximum atomic E-state index is 13.6. The van der Waals surface area contributed by atoms with Crippen LogP contribution in [0.25, 0.3) is 0 Å². The Balaban J connectivity index is 1.53. The third-order valence-electron chi connectivity index (χ3n) is 6.13. The lowest BCUT2D eigenvalue weighted by Gasteiger charge is -2.28. The molecule has 0 radical (unpaired) electrons. The van der Waals surface area contributed by atoms with Crippen molar-refractivity contribution in [3.63, 3.8) is 0 Å². The smallest absolute Gasteiger partial charge is 0.228 e. The fraction of sp³-hybridized carbons (Fsp3) is 0.440. The van der Waals surface area contributed by atoms with E-state index in [0.717, 1.165) is 25.0 Å². The van der Waals surface area contributed by atoms with Gasteiger partial charge in [0.25, 0.3) is 0 Å². The third kappa shape index (κ3) is 4.88. The van der Waals surface area contributed by atoms with E-state index in [0.29, 0.717) is 36.8 Å². The van der Waals surface area contributed by atoms with E-state index in [1.807, 2.05) is 35.2 Å². The molecule has 4 rings (SSSR count). The van der Waals surface area contributed by atoms with E-state index in [2.05, 4.69) is 0 Å². The topological polar surface area (TPSA) is 68.3 Å². The van der Waals surface area contributed by atoms with Crippen molar-refractivity contribution in [1.29, 1.82) is 0 Å². The molecular formula is C25H30N2O5. The maximum Gasteiger partial charge on any atom is 0.228 e. The van der Waals surface area contributed by atoms with Gasteiger partial charge in [-0.05, 0) is 30.5 Å². The number of hydrogen-bond donors (Lipinski definition) is 0. The summed E-state index contributed by atoms with van der Waals surface area (Å²) in [6.45, 7) is 2.11. The van der Waals surface area contributed by atoms with E-state index >= 15 is 0 Å². The molecule has 2 aliphatic rings. The Morgan fingerprint density at radius 3 is 2.66 bits per heavy atom. The first-order valence-electron chi connectivity index (χ1n) is 11.1. The summed E-state index contributed by atoms with van der Waals surface area (Å²) in [5.41, 5.74) is 1.69. The minimum absolute atomic E-state index is 0.0120. The molecule has 7 nitrogen and oxygen atoms in total. The maximum absolute atomic E-state index is 13.6. The molecule has 2 saturated heterocycles.